The van der Waals surface area contributed by atoms with Gasteiger partial charge in [-0.05, 0) is 38.6 Å². The molecular formula is C14H28N2O. The van der Waals surface area contributed by atoms with Crippen molar-refractivity contribution in [2.24, 2.45) is 0 Å². The Balaban J connectivity index is 2.84. The number of carbonyl (C=O) groups excluding carboxylic acids is 1. The van der Waals surface area contributed by atoms with Gasteiger partial charge in [0.25, 0.3) is 0 Å². The Morgan fingerprint density at radius 2 is 1.82 bits per heavy atom. The second kappa shape index (κ2) is 6.39. The average molecular weight is 240 g/mol. The predicted molar refractivity (Wildman–Crippen MR) is 72.0 cm³/mol. The zero-order chi connectivity index (χ0) is 12.9. The second-order valence-electron chi connectivity index (χ2n) is 5.03. The lowest BCUT2D eigenvalue weighted by Crippen LogP contribution is -2.59. The molecule has 1 N–H and O–H groups in total. The Kier molecular flexibility index (Phi) is 5.44. The van der Waals surface area contributed by atoms with Gasteiger partial charge in [0.15, 0.2) is 0 Å². The van der Waals surface area contributed by atoms with Crippen molar-refractivity contribution in [3.8, 4) is 0 Å². The maximum Gasteiger partial charge on any atom is 0.240 e. The maximum atomic E-state index is 12.5. The van der Waals surface area contributed by atoms with Crippen molar-refractivity contribution in [2.75, 3.05) is 13.1 Å². The molecule has 1 aliphatic rings. The minimum Gasteiger partial charge on any atom is -0.336 e. The van der Waals surface area contributed by atoms with Crippen LogP contribution in [0.25, 0.3) is 0 Å². The first-order chi connectivity index (χ1) is 8.15. The van der Waals surface area contributed by atoms with Crippen LogP contribution in [0.1, 0.15) is 59.8 Å². The fourth-order valence-electron chi connectivity index (χ4n) is 3.10. The van der Waals surface area contributed by atoms with Crippen molar-refractivity contribution in [3.63, 3.8) is 0 Å². The summed E-state index contributed by atoms with van der Waals surface area (Å²) >= 11 is 0. The monoisotopic (exact) mass is 240 g/mol. The molecule has 3 heteroatoms. The number of rotatable bonds is 6. The second-order valence-corrected chi connectivity index (χ2v) is 5.03. The van der Waals surface area contributed by atoms with Crippen molar-refractivity contribution in [2.45, 2.75) is 71.4 Å². The molecule has 0 aromatic carbocycles. The Morgan fingerprint density at radius 3 is 2.29 bits per heavy atom. The summed E-state index contributed by atoms with van der Waals surface area (Å²) in [6, 6.07) is 0.0535. The number of likely N-dealkylation sites (tertiary alicyclic amines) is 1. The van der Waals surface area contributed by atoms with E-state index in [-0.39, 0.29) is 11.6 Å². The molecular weight excluding hydrogens is 212 g/mol. The number of carbonyl (C=O) groups is 1. The van der Waals surface area contributed by atoms with Gasteiger partial charge in [0.1, 0.15) is 0 Å². The van der Waals surface area contributed by atoms with Crippen LogP contribution in [0.2, 0.25) is 0 Å². The number of piperidine rings is 1. The molecule has 17 heavy (non-hydrogen) atoms. The van der Waals surface area contributed by atoms with E-state index in [1.165, 1.54) is 0 Å². The minimum atomic E-state index is 0.0535. The van der Waals surface area contributed by atoms with Gasteiger partial charge >= 0.3 is 0 Å². The van der Waals surface area contributed by atoms with E-state index in [0.29, 0.717) is 5.91 Å². The molecule has 0 aliphatic carbocycles. The standard InChI is InChI=1S/C14H28N2O/c1-5-14(6-2,7-3)16-11-9-10-12(13(16)17)15-8-4/h12,15H,5-11H2,1-4H3. The first-order valence-corrected chi connectivity index (χ1v) is 7.20. The normalized spacial score (nSPS) is 22.0. The number of hydrogen-bond donors (Lipinski definition) is 1. The molecule has 0 radical (unpaired) electrons. The van der Waals surface area contributed by atoms with E-state index in [0.717, 1.165) is 45.2 Å². The highest BCUT2D eigenvalue weighted by molar-refractivity contribution is 5.83. The zero-order valence-corrected chi connectivity index (χ0v) is 11.9. The van der Waals surface area contributed by atoms with Crippen LogP contribution < -0.4 is 5.32 Å². The highest BCUT2D eigenvalue weighted by atomic mass is 16.2. The molecule has 1 rings (SSSR count). The summed E-state index contributed by atoms with van der Waals surface area (Å²) < 4.78 is 0. The Labute approximate surface area is 106 Å². The molecule has 0 aromatic rings. The first-order valence-electron chi connectivity index (χ1n) is 7.20. The van der Waals surface area contributed by atoms with E-state index in [1.54, 1.807) is 0 Å². The highest BCUT2D eigenvalue weighted by Gasteiger charge is 2.39. The zero-order valence-electron chi connectivity index (χ0n) is 11.9. The van der Waals surface area contributed by atoms with Crippen LogP contribution in [-0.2, 0) is 4.79 Å². The molecule has 0 aromatic heterocycles. The molecule has 1 atom stereocenters. The minimum absolute atomic E-state index is 0.0535. The van der Waals surface area contributed by atoms with E-state index in [1.807, 2.05) is 0 Å². The van der Waals surface area contributed by atoms with Gasteiger partial charge in [-0.15, -0.1) is 0 Å². The van der Waals surface area contributed by atoms with Gasteiger partial charge in [-0.2, -0.15) is 0 Å². The van der Waals surface area contributed by atoms with E-state index < -0.39 is 0 Å². The Bertz CT molecular complexity index is 238. The lowest BCUT2D eigenvalue weighted by atomic mass is 9.85. The number of likely N-dealkylation sites (N-methyl/N-ethyl adjacent to an activating group) is 1. The first kappa shape index (κ1) is 14.5. The van der Waals surface area contributed by atoms with Crippen molar-refractivity contribution in [1.82, 2.24) is 10.2 Å². The fraction of sp³-hybridized carbons (Fsp3) is 0.929. The van der Waals surface area contributed by atoms with Crippen LogP contribution in [0.15, 0.2) is 0 Å². The lowest BCUT2D eigenvalue weighted by Gasteiger charge is -2.46. The van der Waals surface area contributed by atoms with Gasteiger partial charge < -0.3 is 10.2 Å². The summed E-state index contributed by atoms with van der Waals surface area (Å²) in [5.41, 5.74) is 0.0885. The van der Waals surface area contributed by atoms with Crippen molar-refractivity contribution >= 4 is 5.91 Å². The van der Waals surface area contributed by atoms with Gasteiger partial charge in [-0.3, -0.25) is 4.79 Å². The van der Waals surface area contributed by atoms with Crippen LogP contribution in [0, 0.1) is 0 Å². The number of hydrogen-bond acceptors (Lipinski definition) is 2. The van der Waals surface area contributed by atoms with Crippen molar-refractivity contribution in [1.29, 1.82) is 0 Å². The van der Waals surface area contributed by atoms with Crippen LogP contribution >= 0.6 is 0 Å². The van der Waals surface area contributed by atoms with Crippen molar-refractivity contribution in [3.05, 3.63) is 0 Å². The largest absolute Gasteiger partial charge is 0.336 e. The quantitative estimate of drug-likeness (QED) is 0.774. The molecule has 100 valence electrons. The summed E-state index contributed by atoms with van der Waals surface area (Å²) in [6.07, 6.45) is 5.31. The van der Waals surface area contributed by atoms with Gasteiger partial charge in [-0.1, -0.05) is 27.7 Å². The van der Waals surface area contributed by atoms with Gasteiger partial charge in [0, 0.05) is 12.1 Å². The third-order valence-corrected chi connectivity index (χ3v) is 4.44. The highest BCUT2D eigenvalue weighted by Crippen LogP contribution is 2.31. The topological polar surface area (TPSA) is 32.3 Å². The predicted octanol–water partition coefficient (Wildman–Crippen LogP) is 2.56. The van der Waals surface area contributed by atoms with Crippen LogP contribution in [0.5, 0.6) is 0 Å². The molecule has 0 bridgehead atoms. The van der Waals surface area contributed by atoms with E-state index in [2.05, 4.69) is 37.9 Å². The number of amides is 1. The summed E-state index contributed by atoms with van der Waals surface area (Å²) in [6.45, 7) is 10.5. The third-order valence-electron chi connectivity index (χ3n) is 4.44. The molecule has 1 aliphatic heterocycles. The molecule has 0 saturated carbocycles. The summed E-state index contributed by atoms with van der Waals surface area (Å²) in [7, 11) is 0. The third kappa shape index (κ3) is 2.82. The van der Waals surface area contributed by atoms with Crippen LogP contribution in [-0.4, -0.2) is 35.5 Å². The summed E-state index contributed by atoms with van der Waals surface area (Å²) in [5.74, 6) is 0.323. The van der Waals surface area contributed by atoms with Gasteiger partial charge in [0.05, 0.1) is 6.04 Å². The molecule has 1 unspecified atom stereocenters. The van der Waals surface area contributed by atoms with Gasteiger partial charge in [0.2, 0.25) is 5.91 Å². The molecule has 3 nitrogen and oxygen atoms in total. The van der Waals surface area contributed by atoms with E-state index >= 15 is 0 Å². The van der Waals surface area contributed by atoms with Crippen LogP contribution in [0.4, 0.5) is 0 Å². The van der Waals surface area contributed by atoms with Gasteiger partial charge in [-0.25, -0.2) is 0 Å². The molecule has 1 saturated heterocycles. The number of nitrogens with one attached hydrogen (secondary N) is 1. The lowest BCUT2D eigenvalue weighted by molar-refractivity contribution is -0.144. The molecule has 1 heterocycles. The Hall–Kier alpha value is -0.570. The van der Waals surface area contributed by atoms with E-state index in [4.69, 9.17) is 0 Å². The molecule has 0 spiro atoms. The smallest absolute Gasteiger partial charge is 0.240 e. The maximum absolute atomic E-state index is 12.5. The molecule has 1 amide bonds. The summed E-state index contributed by atoms with van der Waals surface area (Å²) in [5, 5.41) is 3.32. The fourth-order valence-corrected chi connectivity index (χ4v) is 3.10. The number of nitrogens with zero attached hydrogens (tertiary/aromatic N) is 1. The van der Waals surface area contributed by atoms with E-state index in [9.17, 15) is 4.79 Å². The summed E-state index contributed by atoms with van der Waals surface area (Å²) in [4.78, 5) is 14.7. The van der Waals surface area contributed by atoms with Crippen LogP contribution in [0.3, 0.4) is 0 Å². The van der Waals surface area contributed by atoms with Crippen molar-refractivity contribution < 1.29 is 4.79 Å². The Morgan fingerprint density at radius 1 is 1.24 bits per heavy atom. The SMILES string of the molecule is CCNC1CCCN(C(CC)(CC)CC)C1=O. The molecule has 1 fully saturated rings. The average Bonchev–Trinajstić information content (AvgIpc) is 2.36.